The Morgan fingerprint density at radius 3 is 2.86 bits per heavy atom. The number of methoxy groups -OCH3 is 1. The molecule has 21 heavy (non-hydrogen) atoms. The molecular weight excluding hydrogens is 264 g/mol. The van der Waals surface area contributed by atoms with Crippen molar-refractivity contribution in [1.82, 2.24) is 5.32 Å². The Morgan fingerprint density at radius 1 is 1.29 bits per heavy atom. The Balaban J connectivity index is 1.57. The van der Waals surface area contributed by atoms with Crippen LogP contribution in [0.1, 0.15) is 31.2 Å². The average molecular weight is 290 g/mol. The second-order valence-electron chi connectivity index (χ2n) is 5.97. The van der Waals surface area contributed by atoms with Gasteiger partial charge in [-0.3, -0.25) is 0 Å². The van der Waals surface area contributed by atoms with Crippen molar-refractivity contribution in [3.63, 3.8) is 0 Å². The molecule has 0 spiro atoms. The molecule has 0 aliphatic carbocycles. The molecule has 1 unspecified atom stereocenters. The van der Waals surface area contributed by atoms with E-state index in [2.05, 4.69) is 28.4 Å². The summed E-state index contributed by atoms with van der Waals surface area (Å²) < 4.78 is 11.2. The third-order valence-electron chi connectivity index (χ3n) is 4.42. The molecule has 0 bridgehead atoms. The lowest BCUT2D eigenvalue weighted by Crippen LogP contribution is -2.25. The van der Waals surface area contributed by atoms with Gasteiger partial charge in [0, 0.05) is 32.8 Å². The zero-order valence-corrected chi connectivity index (χ0v) is 12.9. The summed E-state index contributed by atoms with van der Waals surface area (Å²) in [6, 6.07) is 6.57. The summed E-state index contributed by atoms with van der Waals surface area (Å²) in [5.74, 6) is 0.994. The number of benzene rings is 1. The third kappa shape index (κ3) is 3.69. The van der Waals surface area contributed by atoms with Crippen LogP contribution in [0.2, 0.25) is 0 Å². The minimum Gasteiger partial charge on any atom is -0.495 e. The fourth-order valence-electron chi connectivity index (χ4n) is 3.23. The van der Waals surface area contributed by atoms with Gasteiger partial charge in [-0.1, -0.05) is 6.07 Å². The first kappa shape index (κ1) is 14.7. The first-order valence-electron chi connectivity index (χ1n) is 8.11. The largest absolute Gasteiger partial charge is 0.495 e. The maximum Gasteiger partial charge on any atom is 0.142 e. The minimum atomic E-state index is 0.399. The summed E-state index contributed by atoms with van der Waals surface area (Å²) in [5.41, 5.74) is 2.51. The molecule has 2 aliphatic rings. The molecule has 4 nitrogen and oxygen atoms in total. The van der Waals surface area contributed by atoms with Gasteiger partial charge in [-0.25, -0.2) is 0 Å². The van der Waals surface area contributed by atoms with Crippen molar-refractivity contribution in [3.05, 3.63) is 23.8 Å². The van der Waals surface area contributed by atoms with Crippen LogP contribution >= 0.6 is 0 Å². The summed E-state index contributed by atoms with van der Waals surface area (Å²) in [5, 5.41) is 3.49. The van der Waals surface area contributed by atoms with Crippen LogP contribution in [0.15, 0.2) is 18.2 Å². The van der Waals surface area contributed by atoms with Crippen LogP contribution in [0.3, 0.4) is 0 Å². The highest BCUT2D eigenvalue weighted by molar-refractivity contribution is 5.60. The van der Waals surface area contributed by atoms with Crippen LogP contribution in [0.25, 0.3) is 0 Å². The van der Waals surface area contributed by atoms with E-state index in [4.69, 9.17) is 9.47 Å². The molecule has 3 rings (SSSR count). The van der Waals surface area contributed by atoms with E-state index in [-0.39, 0.29) is 0 Å². The molecule has 4 heteroatoms. The van der Waals surface area contributed by atoms with Gasteiger partial charge >= 0.3 is 0 Å². The quantitative estimate of drug-likeness (QED) is 0.873. The van der Waals surface area contributed by atoms with Gasteiger partial charge in [0.05, 0.1) is 18.9 Å². The lowest BCUT2D eigenvalue weighted by molar-refractivity contribution is 0.110. The van der Waals surface area contributed by atoms with E-state index in [1.54, 1.807) is 7.11 Å². The van der Waals surface area contributed by atoms with Gasteiger partial charge in [0.15, 0.2) is 0 Å². The van der Waals surface area contributed by atoms with Crippen molar-refractivity contribution in [2.45, 2.75) is 38.3 Å². The average Bonchev–Trinajstić information content (AvgIpc) is 3.20. The van der Waals surface area contributed by atoms with Gasteiger partial charge in [-0.05, 0) is 43.4 Å². The fourth-order valence-corrected chi connectivity index (χ4v) is 3.23. The molecule has 2 aliphatic heterocycles. The van der Waals surface area contributed by atoms with Crippen molar-refractivity contribution in [2.75, 3.05) is 38.3 Å². The lowest BCUT2D eigenvalue weighted by Gasteiger charge is -2.21. The van der Waals surface area contributed by atoms with Gasteiger partial charge in [0.2, 0.25) is 0 Å². The molecular formula is C17H26N2O2. The van der Waals surface area contributed by atoms with E-state index < -0.39 is 0 Å². The van der Waals surface area contributed by atoms with Gasteiger partial charge < -0.3 is 19.7 Å². The first-order valence-corrected chi connectivity index (χ1v) is 8.11. The van der Waals surface area contributed by atoms with Crippen molar-refractivity contribution >= 4 is 5.69 Å². The molecule has 1 N–H and O–H groups in total. The van der Waals surface area contributed by atoms with Crippen molar-refractivity contribution in [1.29, 1.82) is 0 Å². The molecule has 2 saturated heterocycles. The van der Waals surface area contributed by atoms with Crippen molar-refractivity contribution in [3.8, 4) is 5.75 Å². The van der Waals surface area contributed by atoms with E-state index in [1.165, 1.54) is 36.9 Å². The van der Waals surface area contributed by atoms with E-state index in [0.717, 1.165) is 38.5 Å². The number of anilines is 1. The molecule has 2 fully saturated rings. The summed E-state index contributed by atoms with van der Waals surface area (Å²) in [4.78, 5) is 2.42. The van der Waals surface area contributed by atoms with Gasteiger partial charge in [-0.15, -0.1) is 0 Å². The van der Waals surface area contributed by atoms with Crippen LogP contribution in [-0.2, 0) is 11.3 Å². The highest BCUT2D eigenvalue weighted by atomic mass is 16.5. The Labute approximate surface area is 127 Å². The van der Waals surface area contributed by atoms with Crippen molar-refractivity contribution < 1.29 is 9.47 Å². The number of ether oxygens (including phenoxy) is 2. The number of nitrogens with one attached hydrogen (secondary N) is 1. The molecule has 116 valence electrons. The van der Waals surface area contributed by atoms with Crippen molar-refractivity contribution in [2.24, 2.45) is 0 Å². The smallest absolute Gasteiger partial charge is 0.142 e. The highest BCUT2D eigenvalue weighted by Gasteiger charge is 2.17. The zero-order valence-electron chi connectivity index (χ0n) is 12.9. The van der Waals surface area contributed by atoms with E-state index in [1.807, 2.05) is 0 Å². The molecule has 2 heterocycles. The monoisotopic (exact) mass is 290 g/mol. The Bertz CT molecular complexity index is 452. The van der Waals surface area contributed by atoms with Crippen LogP contribution in [0.4, 0.5) is 5.69 Å². The van der Waals surface area contributed by atoms with Gasteiger partial charge in [-0.2, -0.15) is 0 Å². The maximum atomic E-state index is 5.63. The summed E-state index contributed by atoms with van der Waals surface area (Å²) in [7, 11) is 1.76. The Morgan fingerprint density at radius 2 is 2.14 bits per heavy atom. The first-order chi connectivity index (χ1) is 10.4. The van der Waals surface area contributed by atoms with Crippen LogP contribution in [-0.4, -0.2) is 39.5 Å². The SMILES string of the molecule is COc1cc(CNCC2CCCO2)ccc1N1CCCC1. The molecule has 0 saturated carbocycles. The lowest BCUT2D eigenvalue weighted by atomic mass is 10.1. The van der Waals surface area contributed by atoms with Gasteiger partial charge in [0.1, 0.15) is 5.75 Å². The predicted octanol–water partition coefficient (Wildman–Crippen LogP) is 2.56. The zero-order chi connectivity index (χ0) is 14.5. The number of nitrogens with zero attached hydrogens (tertiary/aromatic N) is 1. The molecule has 1 aromatic rings. The summed E-state index contributed by atoms with van der Waals surface area (Å²) >= 11 is 0. The highest BCUT2D eigenvalue weighted by Crippen LogP contribution is 2.31. The normalized spacial score (nSPS) is 22.0. The van der Waals surface area contributed by atoms with Crippen LogP contribution < -0.4 is 15.0 Å². The third-order valence-corrected chi connectivity index (χ3v) is 4.42. The molecule has 0 radical (unpaired) electrons. The minimum absolute atomic E-state index is 0.399. The number of hydrogen-bond donors (Lipinski definition) is 1. The van der Waals surface area contributed by atoms with Gasteiger partial charge in [0.25, 0.3) is 0 Å². The topological polar surface area (TPSA) is 33.7 Å². The second-order valence-corrected chi connectivity index (χ2v) is 5.97. The second kappa shape index (κ2) is 7.14. The standard InChI is InChI=1S/C17H26N2O2/c1-20-17-11-14(12-18-13-15-5-4-10-21-15)6-7-16(17)19-8-2-3-9-19/h6-7,11,15,18H,2-5,8-10,12-13H2,1H3. The van der Waals surface area contributed by atoms with Crippen LogP contribution in [0.5, 0.6) is 5.75 Å². The summed E-state index contributed by atoms with van der Waals surface area (Å²) in [6.45, 7) is 5.03. The van der Waals surface area contributed by atoms with E-state index in [9.17, 15) is 0 Å². The maximum absolute atomic E-state index is 5.63. The molecule has 0 amide bonds. The van der Waals surface area contributed by atoms with E-state index in [0.29, 0.717) is 6.10 Å². The predicted molar refractivity (Wildman–Crippen MR) is 85.1 cm³/mol. The molecule has 0 aromatic heterocycles. The Hall–Kier alpha value is -1.26. The Kier molecular flexibility index (Phi) is 4.99. The molecule has 1 atom stereocenters. The molecule has 1 aromatic carbocycles. The van der Waals surface area contributed by atoms with E-state index >= 15 is 0 Å². The van der Waals surface area contributed by atoms with Crippen LogP contribution in [0, 0.1) is 0 Å². The number of rotatable bonds is 6. The number of hydrogen-bond acceptors (Lipinski definition) is 4. The fraction of sp³-hybridized carbons (Fsp3) is 0.647. The summed E-state index contributed by atoms with van der Waals surface area (Å²) in [6.07, 6.45) is 5.35.